The van der Waals surface area contributed by atoms with Crippen LogP contribution in [-0.4, -0.2) is 27.7 Å². The summed E-state index contributed by atoms with van der Waals surface area (Å²) in [7, 11) is -3.50. The minimum Gasteiger partial charge on any atom is -0.381 e. The van der Waals surface area contributed by atoms with Crippen LogP contribution < -0.4 is 4.72 Å². The highest BCUT2D eigenvalue weighted by Gasteiger charge is 2.21. The van der Waals surface area contributed by atoms with Crippen molar-refractivity contribution in [2.75, 3.05) is 13.2 Å². The molecule has 1 N–H and O–H groups in total. The van der Waals surface area contributed by atoms with E-state index in [0.29, 0.717) is 31.6 Å². The van der Waals surface area contributed by atoms with Crippen molar-refractivity contribution in [2.45, 2.75) is 23.8 Å². The van der Waals surface area contributed by atoms with Crippen molar-refractivity contribution >= 4 is 10.0 Å². The Labute approximate surface area is 106 Å². The van der Waals surface area contributed by atoms with E-state index in [0.717, 1.165) is 0 Å². The average molecular weight is 266 g/mol. The van der Waals surface area contributed by atoms with Gasteiger partial charge in [-0.1, -0.05) is 0 Å². The van der Waals surface area contributed by atoms with Gasteiger partial charge in [0.1, 0.15) is 0 Å². The molecule has 5 nitrogen and oxygen atoms in total. The van der Waals surface area contributed by atoms with E-state index in [1.54, 1.807) is 0 Å². The summed E-state index contributed by atoms with van der Waals surface area (Å²) in [5.74, 6) is 0. The molecule has 0 spiro atoms. The number of hydrogen-bond acceptors (Lipinski definition) is 4. The molecule has 1 aromatic carbocycles. The lowest BCUT2D eigenvalue weighted by atomic mass is 10.1. The normalized spacial score (nSPS) is 17.3. The first-order chi connectivity index (χ1) is 8.62. The van der Waals surface area contributed by atoms with Gasteiger partial charge in [0.25, 0.3) is 0 Å². The Morgan fingerprint density at radius 2 is 1.83 bits per heavy atom. The van der Waals surface area contributed by atoms with Gasteiger partial charge in [-0.2, -0.15) is 5.26 Å². The third-order valence-electron chi connectivity index (χ3n) is 2.84. The van der Waals surface area contributed by atoms with Gasteiger partial charge >= 0.3 is 0 Å². The van der Waals surface area contributed by atoms with Crippen LogP contribution in [0.3, 0.4) is 0 Å². The Morgan fingerprint density at radius 1 is 1.22 bits per heavy atom. The molecule has 1 saturated heterocycles. The Hall–Kier alpha value is -1.42. The van der Waals surface area contributed by atoms with Crippen molar-refractivity contribution in [3.05, 3.63) is 29.8 Å². The minimum absolute atomic E-state index is 0.0700. The van der Waals surface area contributed by atoms with Crippen LogP contribution >= 0.6 is 0 Å². The van der Waals surface area contributed by atoms with E-state index in [1.807, 2.05) is 6.07 Å². The minimum atomic E-state index is -3.50. The summed E-state index contributed by atoms with van der Waals surface area (Å²) in [6.07, 6.45) is 1.38. The molecule has 0 saturated carbocycles. The van der Waals surface area contributed by atoms with Crippen LogP contribution in [0.1, 0.15) is 18.4 Å². The van der Waals surface area contributed by atoms with E-state index in [-0.39, 0.29) is 10.9 Å². The predicted molar refractivity (Wildman–Crippen MR) is 65.3 cm³/mol. The van der Waals surface area contributed by atoms with Gasteiger partial charge in [0.05, 0.1) is 16.5 Å². The third kappa shape index (κ3) is 3.07. The molecule has 0 amide bonds. The second-order valence-corrected chi connectivity index (χ2v) is 5.86. The molecule has 1 heterocycles. The predicted octanol–water partition coefficient (Wildman–Crippen LogP) is 1.02. The number of benzene rings is 1. The lowest BCUT2D eigenvalue weighted by Crippen LogP contribution is -2.38. The molecule has 2 rings (SSSR count). The molecule has 0 bridgehead atoms. The molecule has 0 radical (unpaired) electrons. The number of sulfonamides is 1. The lowest BCUT2D eigenvalue weighted by molar-refractivity contribution is 0.0832. The molecule has 0 unspecified atom stereocenters. The van der Waals surface area contributed by atoms with Crippen molar-refractivity contribution in [3.63, 3.8) is 0 Å². The van der Waals surface area contributed by atoms with Gasteiger partial charge in [-0.05, 0) is 37.1 Å². The summed E-state index contributed by atoms with van der Waals surface area (Å²) < 4.78 is 32.0. The van der Waals surface area contributed by atoms with Crippen molar-refractivity contribution in [1.29, 1.82) is 5.26 Å². The number of nitriles is 1. The van der Waals surface area contributed by atoms with Crippen LogP contribution in [0, 0.1) is 11.3 Å². The van der Waals surface area contributed by atoms with Crippen molar-refractivity contribution in [1.82, 2.24) is 4.72 Å². The van der Waals surface area contributed by atoms with Crippen molar-refractivity contribution < 1.29 is 13.2 Å². The molecule has 96 valence electrons. The van der Waals surface area contributed by atoms with E-state index in [9.17, 15) is 8.42 Å². The first-order valence-electron chi connectivity index (χ1n) is 5.72. The fourth-order valence-electron chi connectivity index (χ4n) is 1.81. The summed E-state index contributed by atoms with van der Waals surface area (Å²) in [5.41, 5.74) is 0.444. The third-order valence-corrected chi connectivity index (χ3v) is 4.37. The first-order valence-corrected chi connectivity index (χ1v) is 7.20. The van der Waals surface area contributed by atoms with Gasteiger partial charge in [-0.15, -0.1) is 0 Å². The van der Waals surface area contributed by atoms with Crippen LogP contribution in [0.15, 0.2) is 29.2 Å². The van der Waals surface area contributed by atoms with E-state index in [2.05, 4.69) is 4.72 Å². The topological polar surface area (TPSA) is 79.2 Å². The molecule has 0 aromatic heterocycles. The maximum absolute atomic E-state index is 12.1. The molecule has 6 heteroatoms. The lowest BCUT2D eigenvalue weighted by Gasteiger charge is -2.22. The molecule has 1 aromatic rings. The van der Waals surface area contributed by atoms with Gasteiger partial charge in [-0.25, -0.2) is 13.1 Å². The highest BCUT2D eigenvalue weighted by Crippen LogP contribution is 2.14. The van der Waals surface area contributed by atoms with Crippen LogP contribution in [0.2, 0.25) is 0 Å². The number of ether oxygens (including phenoxy) is 1. The summed E-state index contributed by atoms with van der Waals surface area (Å²) in [4.78, 5) is 0.188. The van der Waals surface area contributed by atoms with Gasteiger partial charge in [-0.3, -0.25) is 0 Å². The Kier molecular flexibility index (Phi) is 3.97. The summed E-state index contributed by atoms with van der Waals surface area (Å²) in [6.45, 7) is 1.17. The smallest absolute Gasteiger partial charge is 0.240 e. The standard InChI is InChI=1S/C12H14N2O3S/c13-9-10-1-3-12(4-2-10)18(15,16)14-11-5-7-17-8-6-11/h1-4,11,14H,5-8H2. The van der Waals surface area contributed by atoms with E-state index >= 15 is 0 Å². The maximum Gasteiger partial charge on any atom is 0.240 e. The quantitative estimate of drug-likeness (QED) is 0.885. The fourth-order valence-corrected chi connectivity index (χ4v) is 3.12. The molecule has 0 atom stereocenters. The van der Waals surface area contributed by atoms with E-state index < -0.39 is 10.0 Å². The first kappa shape index (κ1) is 13.0. The second-order valence-electron chi connectivity index (χ2n) is 4.14. The number of hydrogen-bond donors (Lipinski definition) is 1. The number of nitrogens with zero attached hydrogens (tertiary/aromatic N) is 1. The fraction of sp³-hybridized carbons (Fsp3) is 0.417. The molecular weight excluding hydrogens is 252 g/mol. The Morgan fingerprint density at radius 3 is 2.39 bits per heavy atom. The van der Waals surface area contributed by atoms with Crippen LogP contribution in [0.5, 0.6) is 0 Å². The van der Waals surface area contributed by atoms with Crippen LogP contribution in [0.25, 0.3) is 0 Å². The van der Waals surface area contributed by atoms with Crippen LogP contribution in [0.4, 0.5) is 0 Å². The monoisotopic (exact) mass is 266 g/mol. The van der Waals surface area contributed by atoms with E-state index in [1.165, 1.54) is 24.3 Å². The largest absolute Gasteiger partial charge is 0.381 e. The average Bonchev–Trinajstić information content (AvgIpc) is 2.39. The molecule has 1 aliphatic heterocycles. The zero-order valence-corrected chi connectivity index (χ0v) is 10.6. The van der Waals surface area contributed by atoms with Gasteiger partial charge in [0, 0.05) is 19.3 Å². The second kappa shape index (κ2) is 5.48. The van der Waals surface area contributed by atoms with Gasteiger partial charge in [0.15, 0.2) is 0 Å². The zero-order chi connectivity index (χ0) is 13.0. The SMILES string of the molecule is N#Cc1ccc(S(=O)(=O)NC2CCOCC2)cc1. The van der Waals surface area contributed by atoms with Gasteiger partial charge < -0.3 is 4.74 Å². The van der Waals surface area contributed by atoms with Crippen molar-refractivity contribution in [3.8, 4) is 6.07 Å². The summed E-state index contributed by atoms with van der Waals surface area (Å²) in [6, 6.07) is 7.77. The maximum atomic E-state index is 12.1. The Bertz CT molecular complexity index is 540. The Balaban J connectivity index is 2.12. The van der Waals surface area contributed by atoms with Crippen LogP contribution in [-0.2, 0) is 14.8 Å². The summed E-state index contributed by atoms with van der Waals surface area (Å²) >= 11 is 0. The van der Waals surface area contributed by atoms with Gasteiger partial charge in [0.2, 0.25) is 10.0 Å². The summed E-state index contributed by atoms with van der Waals surface area (Å²) in [5, 5.41) is 8.66. The zero-order valence-electron chi connectivity index (χ0n) is 9.80. The van der Waals surface area contributed by atoms with Crippen molar-refractivity contribution in [2.24, 2.45) is 0 Å². The molecule has 1 fully saturated rings. The highest BCUT2D eigenvalue weighted by molar-refractivity contribution is 7.89. The molecule has 0 aliphatic carbocycles. The highest BCUT2D eigenvalue weighted by atomic mass is 32.2. The molecular formula is C12H14N2O3S. The molecule has 18 heavy (non-hydrogen) atoms. The number of rotatable bonds is 3. The van der Waals surface area contributed by atoms with E-state index in [4.69, 9.17) is 10.00 Å². The number of nitrogens with one attached hydrogen (secondary N) is 1. The molecule has 1 aliphatic rings.